The highest BCUT2D eigenvalue weighted by atomic mass is 16.5. The van der Waals surface area contributed by atoms with Crippen LogP contribution in [-0.2, 0) is 20.1 Å². The molecular formula is C18H24N6O2. The van der Waals surface area contributed by atoms with Gasteiger partial charge >= 0.3 is 0 Å². The van der Waals surface area contributed by atoms with Crippen LogP contribution in [0.2, 0.25) is 0 Å². The quantitative estimate of drug-likeness (QED) is 0.478. The summed E-state index contributed by atoms with van der Waals surface area (Å²) in [7, 11) is 1.80. The summed E-state index contributed by atoms with van der Waals surface area (Å²) in [5, 5.41) is 10.5. The van der Waals surface area contributed by atoms with E-state index in [1.54, 1.807) is 18.0 Å². The van der Waals surface area contributed by atoms with Crippen LogP contribution in [0.1, 0.15) is 17.7 Å². The summed E-state index contributed by atoms with van der Waals surface area (Å²) >= 11 is 0. The van der Waals surface area contributed by atoms with E-state index in [-0.39, 0.29) is 5.95 Å². The average molecular weight is 356 g/mol. The molecule has 0 amide bonds. The van der Waals surface area contributed by atoms with Gasteiger partial charge in [-0.15, -0.1) is 5.10 Å². The van der Waals surface area contributed by atoms with E-state index in [1.807, 2.05) is 30.3 Å². The standard InChI is InChI=1S/C18H24N6O2/c1-24-18(22-17(19)23-24)21-8-4-10-25-15-6-2-5-14(11-15)12-20-13-16-7-3-9-26-16/h2-3,5-7,9,11,20H,4,8,10,12-13H2,1H3,(H3,19,21,22,23). The van der Waals surface area contributed by atoms with Gasteiger partial charge in [0.1, 0.15) is 11.5 Å². The molecule has 3 aromatic rings. The van der Waals surface area contributed by atoms with Crippen LogP contribution in [-0.4, -0.2) is 27.9 Å². The fourth-order valence-corrected chi connectivity index (χ4v) is 2.51. The molecule has 0 aliphatic carbocycles. The Hall–Kier alpha value is -3.00. The Balaban J connectivity index is 1.36. The number of nitrogen functional groups attached to an aromatic ring is 1. The fourth-order valence-electron chi connectivity index (χ4n) is 2.51. The number of rotatable bonds is 10. The summed E-state index contributed by atoms with van der Waals surface area (Å²) in [4.78, 5) is 4.09. The molecule has 2 aromatic heterocycles. The van der Waals surface area contributed by atoms with Crippen LogP contribution in [0.4, 0.5) is 11.9 Å². The number of hydrogen-bond acceptors (Lipinski definition) is 7. The number of benzene rings is 1. The lowest BCUT2D eigenvalue weighted by Gasteiger charge is -2.09. The Bertz CT molecular complexity index is 800. The van der Waals surface area contributed by atoms with Gasteiger partial charge in [-0.05, 0) is 36.2 Å². The molecule has 1 aromatic carbocycles. The summed E-state index contributed by atoms with van der Waals surface area (Å²) in [5.41, 5.74) is 6.71. The summed E-state index contributed by atoms with van der Waals surface area (Å²) in [5.74, 6) is 2.72. The van der Waals surface area contributed by atoms with E-state index in [0.29, 0.717) is 19.1 Å². The number of aromatic nitrogens is 3. The second kappa shape index (κ2) is 8.91. The van der Waals surface area contributed by atoms with Crippen LogP contribution < -0.4 is 21.1 Å². The van der Waals surface area contributed by atoms with E-state index in [9.17, 15) is 0 Å². The average Bonchev–Trinajstić information content (AvgIpc) is 3.25. The zero-order valence-corrected chi connectivity index (χ0v) is 14.8. The Kier molecular flexibility index (Phi) is 6.10. The van der Waals surface area contributed by atoms with E-state index < -0.39 is 0 Å². The molecule has 26 heavy (non-hydrogen) atoms. The van der Waals surface area contributed by atoms with Crippen LogP contribution in [0, 0.1) is 0 Å². The molecule has 0 saturated heterocycles. The van der Waals surface area contributed by atoms with Crippen LogP contribution in [0.15, 0.2) is 47.1 Å². The number of ether oxygens (including phenoxy) is 1. The molecular weight excluding hydrogens is 332 g/mol. The predicted octanol–water partition coefficient (Wildman–Crippen LogP) is 2.16. The molecule has 0 fully saturated rings. The first-order valence-electron chi connectivity index (χ1n) is 8.56. The number of aryl methyl sites for hydroxylation is 1. The first-order chi connectivity index (χ1) is 12.7. The van der Waals surface area contributed by atoms with Gasteiger partial charge in [0.05, 0.1) is 19.4 Å². The third-order valence-electron chi connectivity index (χ3n) is 3.76. The number of nitrogens with one attached hydrogen (secondary N) is 2. The molecule has 0 saturated carbocycles. The second-order valence-corrected chi connectivity index (χ2v) is 5.88. The highest BCUT2D eigenvalue weighted by Crippen LogP contribution is 2.14. The highest BCUT2D eigenvalue weighted by Gasteiger charge is 2.03. The lowest BCUT2D eigenvalue weighted by molar-refractivity contribution is 0.314. The largest absolute Gasteiger partial charge is 0.494 e. The minimum Gasteiger partial charge on any atom is -0.494 e. The topological polar surface area (TPSA) is 103 Å². The van der Waals surface area contributed by atoms with E-state index >= 15 is 0 Å². The molecule has 4 N–H and O–H groups in total. The molecule has 0 bridgehead atoms. The monoisotopic (exact) mass is 356 g/mol. The summed E-state index contributed by atoms with van der Waals surface area (Å²) < 4.78 is 12.7. The predicted molar refractivity (Wildman–Crippen MR) is 99.7 cm³/mol. The fraction of sp³-hybridized carbons (Fsp3) is 0.333. The molecule has 0 atom stereocenters. The van der Waals surface area contributed by atoms with E-state index in [0.717, 1.165) is 31.0 Å². The van der Waals surface area contributed by atoms with Crippen molar-refractivity contribution in [1.29, 1.82) is 0 Å². The van der Waals surface area contributed by atoms with Crippen molar-refractivity contribution < 1.29 is 9.15 Å². The van der Waals surface area contributed by atoms with Crippen LogP contribution in [0.25, 0.3) is 0 Å². The minimum atomic E-state index is 0.267. The highest BCUT2D eigenvalue weighted by molar-refractivity contribution is 5.31. The van der Waals surface area contributed by atoms with E-state index in [2.05, 4.69) is 26.8 Å². The van der Waals surface area contributed by atoms with Crippen molar-refractivity contribution in [2.24, 2.45) is 7.05 Å². The lowest BCUT2D eigenvalue weighted by Crippen LogP contribution is -2.12. The number of nitrogens with two attached hydrogens (primary N) is 1. The molecule has 0 unspecified atom stereocenters. The van der Waals surface area contributed by atoms with Crippen molar-refractivity contribution >= 4 is 11.9 Å². The van der Waals surface area contributed by atoms with Crippen molar-refractivity contribution in [3.05, 3.63) is 54.0 Å². The Morgan fingerprint density at radius 1 is 1.23 bits per heavy atom. The number of anilines is 2. The smallest absolute Gasteiger partial charge is 0.241 e. The molecule has 0 spiro atoms. The third-order valence-corrected chi connectivity index (χ3v) is 3.76. The first kappa shape index (κ1) is 17.8. The Labute approximate surface area is 152 Å². The zero-order valence-electron chi connectivity index (χ0n) is 14.8. The maximum absolute atomic E-state index is 5.82. The zero-order chi connectivity index (χ0) is 18.2. The molecule has 8 heteroatoms. The van der Waals surface area contributed by atoms with Gasteiger partial charge in [0.15, 0.2) is 0 Å². The number of hydrogen-bond donors (Lipinski definition) is 3. The number of furan rings is 1. The van der Waals surface area contributed by atoms with Crippen molar-refractivity contribution in [1.82, 2.24) is 20.1 Å². The molecule has 0 aliphatic heterocycles. The molecule has 2 heterocycles. The molecule has 0 radical (unpaired) electrons. The summed E-state index contributed by atoms with van der Waals surface area (Å²) in [6, 6.07) is 11.9. The SMILES string of the molecule is Cn1nc(N)nc1NCCCOc1cccc(CNCc2ccco2)c1. The maximum Gasteiger partial charge on any atom is 0.241 e. The van der Waals surface area contributed by atoms with Crippen molar-refractivity contribution in [3.63, 3.8) is 0 Å². The molecule has 0 aliphatic rings. The Morgan fingerprint density at radius 2 is 2.15 bits per heavy atom. The van der Waals surface area contributed by atoms with E-state index in [1.165, 1.54) is 5.56 Å². The number of nitrogens with zero attached hydrogens (tertiary/aromatic N) is 3. The summed E-state index contributed by atoms with van der Waals surface area (Å²) in [6.07, 6.45) is 2.52. The van der Waals surface area contributed by atoms with Crippen molar-refractivity contribution in [3.8, 4) is 5.75 Å². The van der Waals surface area contributed by atoms with E-state index in [4.69, 9.17) is 14.9 Å². The van der Waals surface area contributed by atoms with Crippen molar-refractivity contribution in [2.45, 2.75) is 19.5 Å². The third kappa shape index (κ3) is 5.25. The summed E-state index contributed by atoms with van der Waals surface area (Å²) in [6.45, 7) is 2.81. The molecule has 8 nitrogen and oxygen atoms in total. The van der Waals surface area contributed by atoms with Gasteiger partial charge in [-0.1, -0.05) is 12.1 Å². The molecule has 138 valence electrons. The van der Waals surface area contributed by atoms with Gasteiger partial charge in [0.2, 0.25) is 11.9 Å². The molecule has 3 rings (SSSR count). The van der Waals surface area contributed by atoms with Gasteiger partial charge in [0, 0.05) is 20.1 Å². The Morgan fingerprint density at radius 3 is 2.92 bits per heavy atom. The van der Waals surface area contributed by atoms with Crippen LogP contribution >= 0.6 is 0 Å². The van der Waals surface area contributed by atoms with Gasteiger partial charge in [-0.25, -0.2) is 4.68 Å². The van der Waals surface area contributed by atoms with Gasteiger partial charge in [-0.2, -0.15) is 4.98 Å². The minimum absolute atomic E-state index is 0.267. The van der Waals surface area contributed by atoms with Gasteiger partial charge in [0.25, 0.3) is 0 Å². The maximum atomic E-state index is 5.82. The first-order valence-corrected chi connectivity index (χ1v) is 8.56. The van der Waals surface area contributed by atoms with Gasteiger partial charge < -0.3 is 25.5 Å². The normalized spacial score (nSPS) is 10.8. The second-order valence-electron chi connectivity index (χ2n) is 5.88. The van der Waals surface area contributed by atoms with Crippen LogP contribution in [0.3, 0.4) is 0 Å². The van der Waals surface area contributed by atoms with Gasteiger partial charge in [-0.3, -0.25) is 0 Å². The lowest BCUT2D eigenvalue weighted by atomic mass is 10.2. The van der Waals surface area contributed by atoms with Crippen molar-refractivity contribution in [2.75, 3.05) is 24.2 Å². The van der Waals surface area contributed by atoms with Crippen LogP contribution in [0.5, 0.6) is 5.75 Å².